The molecule has 1 saturated heterocycles. The number of hydrogen-bond acceptors (Lipinski definition) is 3. The summed E-state index contributed by atoms with van der Waals surface area (Å²) in [5.74, 6) is -0.259. The van der Waals surface area contributed by atoms with Gasteiger partial charge in [0.1, 0.15) is 12.1 Å². The monoisotopic (exact) mass is 371 g/mol. The Morgan fingerprint density at radius 1 is 1.22 bits per heavy atom. The Balaban J connectivity index is 1.63. The van der Waals surface area contributed by atoms with Crippen LogP contribution < -0.4 is 10.6 Å². The number of aryl methyl sites for hydroxylation is 1. The number of benzene rings is 1. The van der Waals surface area contributed by atoms with Gasteiger partial charge in [0.2, 0.25) is 5.91 Å². The third-order valence-corrected chi connectivity index (χ3v) is 5.54. The number of nitrogens with one attached hydrogen (secondary N) is 2. The number of hydrogen-bond donors (Lipinski definition) is 2. The van der Waals surface area contributed by atoms with Crippen LogP contribution in [0.15, 0.2) is 24.3 Å². The molecule has 1 saturated carbocycles. The van der Waals surface area contributed by atoms with Crippen LogP contribution in [-0.4, -0.2) is 34.8 Å². The van der Waals surface area contributed by atoms with E-state index in [0.717, 1.165) is 22.4 Å². The quantitative estimate of drug-likeness (QED) is 0.799. The molecule has 6 heteroatoms. The topological polar surface area (TPSA) is 78.5 Å². The minimum Gasteiger partial charge on any atom is -0.350 e. The fourth-order valence-electron chi connectivity index (χ4n) is 4.76. The number of imide groups is 1. The van der Waals surface area contributed by atoms with E-state index in [1.165, 1.54) is 0 Å². The zero-order valence-electron chi connectivity index (χ0n) is 16.6. The third-order valence-electron chi connectivity index (χ3n) is 5.54. The molecule has 2 N–H and O–H groups in total. The van der Waals surface area contributed by atoms with E-state index in [1.54, 1.807) is 0 Å². The predicted octanol–water partition coefficient (Wildman–Crippen LogP) is 2.75. The lowest BCUT2D eigenvalue weighted by atomic mass is 9.64. The summed E-state index contributed by atoms with van der Waals surface area (Å²) in [6.07, 6.45) is 2.26. The van der Waals surface area contributed by atoms with Gasteiger partial charge in [0.15, 0.2) is 0 Å². The highest BCUT2D eigenvalue weighted by molar-refractivity contribution is 6.09. The van der Waals surface area contributed by atoms with Crippen LogP contribution in [0.25, 0.3) is 0 Å². The Hall–Kier alpha value is -2.37. The van der Waals surface area contributed by atoms with Crippen LogP contribution in [-0.2, 0) is 16.1 Å². The summed E-state index contributed by atoms with van der Waals surface area (Å²) >= 11 is 0. The SMILES string of the molecule is Cc1ccc(CNC(=O)CN2C(=O)N[C@@]3(C[C@@H](C)CC(C)(C)C3)C2=O)cc1. The van der Waals surface area contributed by atoms with Crippen molar-refractivity contribution in [3.63, 3.8) is 0 Å². The van der Waals surface area contributed by atoms with E-state index in [9.17, 15) is 14.4 Å². The molecule has 1 aliphatic heterocycles. The van der Waals surface area contributed by atoms with Crippen molar-refractivity contribution < 1.29 is 14.4 Å². The fourth-order valence-corrected chi connectivity index (χ4v) is 4.76. The number of rotatable bonds is 4. The molecular formula is C21H29N3O3. The molecule has 1 aliphatic carbocycles. The van der Waals surface area contributed by atoms with Crippen molar-refractivity contribution in [2.75, 3.05) is 6.54 Å². The molecule has 2 atom stereocenters. The molecule has 0 radical (unpaired) electrons. The smallest absolute Gasteiger partial charge is 0.325 e. The number of nitrogens with zero attached hydrogens (tertiary/aromatic N) is 1. The van der Waals surface area contributed by atoms with E-state index in [2.05, 4.69) is 31.4 Å². The molecule has 0 aromatic heterocycles. The second-order valence-corrected chi connectivity index (χ2v) is 9.02. The molecule has 1 spiro atoms. The van der Waals surface area contributed by atoms with E-state index in [1.807, 2.05) is 31.2 Å². The van der Waals surface area contributed by atoms with Crippen LogP contribution in [0, 0.1) is 18.3 Å². The van der Waals surface area contributed by atoms with Crippen LogP contribution in [0.5, 0.6) is 0 Å². The Morgan fingerprint density at radius 3 is 2.52 bits per heavy atom. The molecule has 0 bridgehead atoms. The van der Waals surface area contributed by atoms with E-state index >= 15 is 0 Å². The van der Waals surface area contributed by atoms with Gasteiger partial charge in [0.25, 0.3) is 5.91 Å². The Bertz CT molecular complexity index is 756. The summed E-state index contributed by atoms with van der Waals surface area (Å²) in [6.45, 7) is 8.49. The van der Waals surface area contributed by atoms with Crippen molar-refractivity contribution in [2.45, 2.75) is 59.0 Å². The molecule has 2 aliphatic rings. The van der Waals surface area contributed by atoms with Gasteiger partial charge in [-0.1, -0.05) is 50.6 Å². The number of carbonyl (C=O) groups is 3. The van der Waals surface area contributed by atoms with Crippen LogP contribution in [0.3, 0.4) is 0 Å². The van der Waals surface area contributed by atoms with Crippen LogP contribution in [0.2, 0.25) is 0 Å². The molecule has 6 nitrogen and oxygen atoms in total. The molecule has 27 heavy (non-hydrogen) atoms. The Labute approximate surface area is 160 Å². The first kappa shape index (κ1) is 19.4. The average Bonchev–Trinajstić information content (AvgIpc) is 2.76. The minimum absolute atomic E-state index is 0.0235. The van der Waals surface area contributed by atoms with Crippen molar-refractivity contribution in [1.82, 2.24) is 15.5 Å². The van der Waals surface area contributed by atoms with Crippen molar-refractivity contribution in [3.8, 4) is 0 Å². The summed E-state index contributed by atoms with van der Waals surface area (Å²) in [4.78, 5) is 38.8. The summed E-state index contributed by atoms with van der Waals surface area (Å²) in [5.41, 5.74) is 1.24. The van der Waals surface area contributed by atoms with Crippen molar-refractivity contribution >= 4 is 17.8 Å². The van der Waals surface area contributed by atoms with Crippen molar-refractivity contribution in [1.29, 1.82) is 0 Å². The molecule has 0 unspecified atom stereocenters. The number of urea groups is 1. The molecule has 2 fully saturated rings. The lowest BCUT2D eigenvalue weighted by molar-refractivity contribution is -0.137. The molecule has 1 aromatic carbocycles. The minimum atomic E-state index is -0.866. The number of amides is 4. The molecule has 146 valence electrons. The van der Waals surface area contributed by atoms with E-state index in [0.29, 0.717) is 25.3 Å². The van der Waals surface area contributed by atoms with Crippen molar-refractivity contribution in [2.24, 2.45) is 11.3 Å². The highest BCUT2D eigenvalue weighted by Gasteiger charge is 2.56. The predicted molar refractivity (Wildman–Crippen MR) is 103 cm³/mol. The van der Waals surface area contributed by atoms with Gasteiger partial charge < -0.3 is 10.6 Å². The van der Waals surface area contributed by atoms with E-state index in [4.69, 9.17) is 0 Å². The Morgan fingerprint density at radius 2 is 1.89 bits per heavy atom. The Kier molecular flexibility index (Phi) is 5.02. The van der Waals surface area contributed by atoms with Gasteiger partial charge in [-0.25, -0.2) is 4.79 Å². The van der Waals surface area contributed by atoms with Crippen LogP contribution in [0.1, 0.15) is 51.2 Å². The van der Waals surface area contributed by atoms with Crippen molar-refractivity contribution in [3.05, 3.63) is 35.4 Å². The standard InChI is InChI=1S/C21H29N3O3/c1-14-5-7-16(8-6-14)11-22-17(25)12-24-18(26)21(23-19(24)27)10-15(2)9-20(3,4)13-21/h5-8,15H,9-13H2,1-4H3,(H,22,25)(H,23,27)/t15-,21+/m0/s1. The normalized spacial score (nSPS) is 27.0. The lowest BCUT2D eigenvalue weighted by Crippen LogP contribution is -2.54. The first-order valence-corrected chi connectivity index (χ1v) is 9.57. The first-order valence-electron chi connectivity index (χ1n) is 9.57. The summed E-state index contributed by atoms with van der Waals surface area (Å²) in [6, 6.07) is 7.40. The van der Waals surface area contributed by atoms with Gasteiger partial charge in [-0.05, 0) is 43.1 Å². The maximum atomic E-state index is 13.0. The van der Waals surface area contributed by atoms with Crippen LogP contribution in [0.4, 0.5) is 4.79 Å². The van der Waals surface area contributed by atoms with Gasteiger partial charge in [0.05, 0.1) is 0 Å². The first-order chi connectivity index (χ1) is 12.6. The molecule has 3 rings (SSSR count). The highest BCUT2D eigenvalue weighted by atomic mass is 16.2. The highest BCUT2D eigenvalue weighted by Crippen LogP contribution is 2.46. The van der Waals surface area contributed by atoms with Gasteiger partial charge in [-0.2, -0.15) is 0 Å². The van der Waals surface area contributed by atoms with Gasteiger partial charge in [-0.3, -0.25) is 14.5 Å². The second-order valence-electron chi connectivity index (χ2n) is 9.02. The van der Waals surface area contributed by atoms with E-state index in [-0.39, 0.29) is 23.8 Å². The second kappa shape index (κ2) is 6.98. The fraction of sp³-hybridized carbons (Fsp3) is 0.571. The van der Waals surface area contributed by atoms with Gasteiger partial charge in [0, 0.05) is 6.54 Å². The average molecular weight is 371 g/mol. The van der Waals surface area contributed by atoms with E-state index < -0.39 is 11.6 Å². The van der Waals surface area contributed by atoms with Gasteiger partial charge >= 0.3 is 6.03 Å². The third kappa shape index (κ3) is 4.15. The van der Waals surface area contributed by atoms with Crippen LogP contribution >= 0.6 is 0 Å². The summed E-state index contributed by atoms with van der Waals surface area (Å²) < 4.78 is 0. The zero-order valence-corrected chi connectivity index (χ0v) is 16.6. The summed E-state index contributed by atoms with van der Waals surface area (Å²) in [5, 5.41) is 5.69. The maximum absolute atomic E-state index is 13.0. The molecular weight excluding hydrogens is 342 g/mol. The summed E-state index contributed by atoms with van der Waals surface area (Å²) in [7, 11) is 0. The van der Waals surface area contributed by atoms with Gasteiger partial charge in [-0.15, -0.1) is 0 Å². The molecule has 1 aromatic rings. The lowest BCUT2D eigenvalue weighted by Gasteiger charge is -2.43. The molecule has 1 heterocycles. The molecule has 4 amide bonds. The largest absolute Gasteiger partial charge is 0.350 e. The zero-order chi connectivity index (χ0) is 19.8. The maximum Gasteiger partial charge on any atom is 0.325 e. The number of carbonyl (C=O) groups excluding carboxylic acids is 3.